The van der Waals surface area contributed by atoms with Gasteiger partial charge in [0.2, 0.25) is 11.8 Å². The summed E-state index contributed by atoms with van der Waals surface area (Å²) in [6.45, 7) is 2.78. The minimum Gasteiger partial charge on any atom is -0.338 e. The van der Waals surface area contributed by atoms with E-state index in [2.05, 4.69) is 11.4 Å². The van der Waals surface area contributed by atoms with Crippen LogP contribution in [0.5, 0.6) is 0 Å². The van der Waals surface area contributed by atoms with Gasteiger partial charge in [-0.2, -0.15) is 0 Å². The molecular formula is C17H26ClN3O2S. The fourth-order valence-corrected chi connectivity index (χ4v) is 4.44. The van der Waals surface area contributed by atoms with Gasteiger partial charge in [0.1, 0.15) is 0 Å². The van der Waals surface area contributed by atoms with Gasteiger partial charge >= 0.3 is 0 Å². The summed E-state index contributed by atoms with van der Waals surface area (Å²) in [5.74, 6) is 0.179. The smallest absolute Gasteiger partial charge is 0.223 e. The first-order valence-electron chi connectivity index (χ1n) is 8.51. The maximum Gasteiger partial charge on any atom is 0.223 e. The Morgan fingerprint density at radius 3 is 2.79 bits per heavy atom. The Kier molecular flexibility index (Phi) is 7.07. The Labute approximate surface area is 153 Å². The summed E-state index contributed by atoms with van der Waals surface area (Å²) in [4.78, 5) is 30.0. The van der Waals surface area contributed by atoms with Crippen molar-refractivity contribution in [2.45, 2.75) is 51.1 Å². The highest BCUT2D eigenvalue weighted by atomic mass is 35.5. The minimum absolute atomic E-state index is 0. The third-order valence-electron chi connectivity index (χ3n) is 4.93. The molecule has 0 radical (unpaired) electrons. The second-order valence-corrected chi connectivity index (χ2v) is 7.41. The molecule has 3 rings (SSSR count). The Balaban J connectivity index is 0.00000208. The van der Waals surface area contributed by atoms with Crippen molar-refractivity contribution in [3.05, 3.63) is 21.9 Å². The Bertz CT molecular complexity index is 578. The van der Waals surface area contributed by atoms with Gasteiger partial charge in [-0.1, -0.05) is 0 Å². The van der Waals surface area contributed by atoms with Crippen molar-refractivity contribution in [2.75, 3.05) is 19.6 Å². The van der Waals surface area contributed by atoms with Gasteiger partial charge < -0.3 is 15.5 Å². The highest BCUT2D eigenvalue weighted by Crippen LogP contribution is 2.24. The van der Waals surface area contributed by atoms with Crippen molar-refractivity contribution >= 4 is 35.6 Å². The molecule has 0 saturated carbocycles. The molecule has 2 N–H and O–H groups in total. The lowest BCUT2D eigenvalue weighted by Crippen LogP contribution is -2.47. The second-order valence-electron chi connectivity index (χ2n) is 6.41. The summed E-state index contributed by atoms with van der Waals surface area (Å²) < 4.78 is 0. The van der Waals surface area contributed by atoms with Gasteiger partial charge in [0.25, 0.3) is 0 Å². The van der Waals surface area contributed by atoms with E-state index in [0.29, 0.717) is 25.9 Å². The fraction of sp³-hybridized carbons (Fsp3) is 0.647. The van der Waals surface area contributed by atoms with Crippen LogP contribution < -0.4 is 5.73 Å². The molecule has 1 aromatic rings. The zero-order valence-corrected chi connectivity index (χ0v) is 15.5. The van der Waals surface area contributed by atoms with E-state index in [-0.39, 0.29) is 30.3 Å². The van der Waals surface area contributed by atoms with Crippen molar-refractivity contribution in [1.29, 1.82) is 0 Å². The van der Waals surface area contributed by atoms with Gasteiger partial charge in [0, 0.05) is 49.9 Å². The maximum atomic E-state index is 12.4. The standard InChI is InChI=1S/C17H25N3O2S.ClH/c18-11-14-3-1-2-8-20(14)17(22)5-4-16(21)19-9-6-15-13(12-19)7-10-23-15;/h7,10,14H,1-6,8-9,11-12,18H2;1H. The van der Waals surface area contributed by atoms with Crippen LogP contribution in [0, 0.1) is 0 Å². The van der Waals surface area contributed by atoms with Crippen molar-refractivity contribution in [1.82, 2.24) is 9.80 Å². The first kappa shape index (κ1) is 19.2. The third-order valence-corrected chi connectivity index (χ3v) is 5.96. The number of halogens is 1. The van der Waals surface area contributed by atoms with E-state index in [1.807, 2.05) is 9.80 Å². The van der Waals surface area contributed by atoms with E-state index in [9.17, 15) is 9.59 Å². The number of thiophene rings is 1. The van der Waals surface area contributed by atoms with Gasteiger partial charge in [-0.3, -0.25) is 9.59 Å². The molecule has 0 aromatic carbocycles. The van der Waals surface area contributed by atoms with Crippen LogP contribution in [-0.4, -0.2) is 47.3 Å². The predicted molar refractivity (Wildman–Crippen MR) is 98.3 cm³/mol. The molecule has 1 atom stereocenters. The number of hydrogen-bond donors (Lipinski definition) is 1. The number of piperidine rings is 1. The average molecular weight is 372 g/mol. The molecule has 2 aliphatic rings. The van der Waals surface area contributed by atoms with Crippen LogP contribution >= 0.6 is 23.7 Å². The zero-order valence-electron chi connectivity index (χ0n) is 13.9. The van der Waals surface area contributed by atoms with Crippen LogP contribution in [0.15, 0.2) is 11.4 Å². The van der Waals surface area contributed by atoms with Crippen LogP contribution in [0.25, 0.3) is 0 Å². The van der Waals surface area contributed by atoms with Crippen LogP contribution in [0.2, 0.25) is 0 Å². The number of nitrogens with zero attached hydrogens (tertiary/aromatic N) is 2. The lowest BCUT2D eigenvalue weighted by Gasteiger charge is -2.35. The summed E-state index contributed by atoms with van der Waals surface area (Å²) in [7, 11) is 0. The van der Waals surface area contributed by atoms with E-state index < -0.39 is 0 Å². The van der Waals surface area contributed by atoms with Gasteiger partial charge in [-0.25, -0.2) is 0 Å². The largest absolute Gasteiger partial charge is 0.338 e. The van der Waals surface area contributed by atoms with Crippen molar-refractivity contribution in [3.63, 3.8) is 0 Å². The Morgan fingerprint density at radius 1 is 1.21 bits per heavy atom. The quantitative estimate of drug-likeness (QED) is 0.882. The zero-order chi connectivity index (χ0) is 16.2. The topological polar surface area (TPSA) is 66.6 Å². The summed E-state index contributed by atoms with van der Waals surface area (Å²) in [5, 5.41) is 2.09. The van der Waals surface area contributed by atoms with E-state index in [0.717, 1.165) is 38.8 Å². The van der Waals surface area contributed by atoms with Gasteiger partial charge in [0.05, 0.1) is 0 Å². The average Bonchev–Trinajstić information content (AvgIpc) is 3.06. The summed E-state index contributed by atoms with van der Waals surface area (Å²) in [5.41, 5.74) is 7.04. The molecule has 1 unspecified atom stereocenters. The highest BCUT2D eigenvalue weighted by Gasteiger charge is 2.27. The lowest BCUT2D eigenvalue weighted by molar-refractivity contribution is -0.139. The predicted octanol–water partition coefficient (Wildman–Crippen LogP) is 2.17. The number of carbonyl (C=O) groups excluding carboxylic acids is 2. The summed E-state index contributed by atoms with van der Waals surface area (Å²) in [6.07, 6.45) is 4.73. The van der Waals surface area contributed by atoms with Crippen molar-refractivity contribution in [3.8, 4) is 0 Å². The normalized spacial score (nSPS) is 20.3. The number of hydrogen-bond acceptors (Lipinski definition) is 4. The fourth-order valence-electron chi connectivity index (χ4n) is 3.55. The van der Waals surface area contributed by atoms with Crippen LogP contribution in [0.3, 0.4) is 0 Å². The first-order chi connectivity index (χ1) is 11.2. The van der Waals surface area contributed by atoms with Crippen LogP contribution in [0.1, 0.15) is 42.5 Å². The SMILES string of the molecule is Cl.NCC1CCCCN1C(=O)CCC(=O)N1CCc2sccc2C1. The molecule has 3 heterocycles. The molecule has 2 aliphatic heterocycles. The monoisotopic (exact) mass is 371 g/mol. The third kappa shape index (κ3) is 4.29. The van der Waals surface area contributed by atoms with Gasteiger partial charge in [0.15, 0.2) is 0 Å². The summed E-state index contributed by atoms with van der Waals surface area (Å²) in [6, 6.07) is 2.26. The van der Waals surface area contributed by atoms with E-state index in [1.165, 1.54) is 10.4 Å². The number of carbonyl (C=O) groups is 2. The molecule has 2 amide bonds. The molecule has 1 aromatic heterocycles. The number of likely N-dealkylation sites (tertiary alicyclic amines) is 1. The van der Waals surface area contributed by atoms with Crippen LogP contribution in [0.4, 0.5) is 0 Å². The molecule has 0 bridgehead atoms. The molecular weight excluding hydrogens is 346 g/mol. The minimum atomic E-state index is 0. The highest BCUT2D eigenvalue weighted by molar-refractivity contribution is 7.10. The number of rotatable bonds is 4. The summed E-state index contributed by atoms with van der Waals surface area (Å²) >= 11 is 1.77. The molecule has 0 aliphatic carbocycles. The molecule has 24 heavy (non-hydrogen) atoms. The van der Waals surface area contributed by atoms with Crippen molar-refractivity contribution < 1.29 is 9.59 Å². The Hall–Kier alpha value is -1.11. The maximum absolute atomic E-state index is 12.4. The Morgan fingerprint density at radius 2 is 2.00 bits per heavy atom. The molecule has 7 heteroatoms. The van der Waals surface area contributed by atoms with Gasteiger partial charge in [-0.15, -0.1) is 23.7 Å². The molecule has 1 saturated heterocycles. The first-order valence-corrected chi connectivity index (χ1v) is 9.39. The number of nitrogens with two attached hydrogens (primary N) is 1. The number of fused-ring (bicyclic) bond motifs is 1. The van der Waals surface area contributed by atoms with Crippen molar-refractivity contribution in [2.24, 2.45) is 5.73 Å². The second kappa shape index (κ2) is 8.83. The molecule has 1 fully saturated rings. The van der Waals surface area contributed by atoms with E-state index in [4.69, 9.17) is 5.73 Å². The molecule has 5 nitrogen and oxygen atoms in total. The van der Waals surface area contributed by atoms with Crippen LogP contribution in [-0.2, 0) is 22.6 Å². The van der Waals surface area contributed by atoms with E-state index >= 15 is 0 Å². The lowest BCUT2D eigenvalue weighted by atomic mass is 10.0. The molecule has 134 valence electrons. The van der Waals surface area contributed by atoms with Gasteiger partial charge in [-0.05, 0) is 42.7 Å². The molecule has 0 spiro atoms. The van der Waals surface area contributed by atoms with E-state index in [1.54, 1.807) is 11.3 Å². The number of amides is 2.